The summed E-state index contributed by atoms with van der Waals surface area (Å²) in [6.07, 6.45) is 4.24. The van der Waals surface area contributed by atoms with E-state index in [4.69, 9.17) is 0 Å². The minimum atomic E-state index is 0.629. The average molecular weight is 209 g/mol. The normalized spacial score (nSPS) is 10.8. The molecule has 3 aromatic rings. The lowest BCUT2D eigenvalue weighted by Crippen LogP contribution is -1.93. The van der Waals surface area contributed by atoms with Crippen molar-refractivity contribution in [3.05, 3.63) is 42.7 Å². The van der Waals surface area contributed by atoms with Gasteiger partial charge in [-0.2, -0.15) is 0 Å². The molecule has 0 bridgehead atoms. The summed E-state index contributed by atoms with van der Waals surface area (Å²) in [4.78, 5) is 12.7. The first kappa shape index (κ1) is 9.03. The minimum Gasteiger partial charge on any atom is -0.310 e. The van der Waals surface area contributed by atoms with Gasteiger partial charge in [0.15, 0.2) is 11.3 Å². The van der Waals surface area contributed by atoms with Crippen molar-refractivity contribution in [3.8, 4) is 11.4 Å². The van der Waals surface area contributed by atoms with Crippen LogP contribution in [0.25, 0.3) is 22.7 Å². The van der Waals surface area contributed by atoms with E-state index in [9.17, 15) is 0 Å². The number of imidazole rings is 1. The van der Waals surface area contributed by atoms with Crippen molar-refractivity contribution >= 4 is 11.3 Å². The fraction of sp³-hybridized carbons (Fsp3) is 0.0833. The Morgan fingerprint density at radius 3 is 2.75 bits per heavy atom. The fourth-order valence-corrected chi connectivity index (χ4v) is 1.72. The van der Waals surface area contributed by atoms with E-state index in [1.807, 2.05) is 41.9 Å². The SMILES string of the molecule is Cn1c(-c2ccccc2)nc2n[c]cnc21. The number of fused-ring (bicyclic) bond motifs is 1. The van der Waals surface area contributed by atoms with Gasteiger partial charge in [-0.15, -0.1) is 0 Å². The van der Waals surface area contributed by atoms with Gasteiger partial charge >= 0.3 is 0 Å². The number of aromatic nitrogens is 4. The molecule has 4 heteroatoms. The highest BCUT2D eigenvalue weighted by Gasteiger charge is 2.10. The lowest BCUT2D eigenvalue weighted by atomic mass is 10.2. The topological polar surface area (TPSA) is 43.6 Å². The smallest absolute Gasteiger partial charge is 0.198 e. The summed E-state index contributed by atoms with van der Waals surface area (Å²) in [6.45, 7) is 0. The summed E-state index contributed by atoms with van der Waals surface area (Å²) in [7, 11) is 1.94. The van der Waals surface area contributed by atoms with Gasteiger partial charge in [0.25, 0.3) is 0 Å². The molecule has 0 aliphatic heterocycles. The molecule has 1 radical (unpaired) electrons. The third-order valence-corrected chi connectivity index (χ3v) is 2.49. The molecular formula is C12H9N4. The van der Waals surface area contributed by atoms with E-state index in [-0.39, 0.29) is 0 Å². The lowest BCUT2D eigenvalue weighted by molar-refractivity contribution is 0.941. The van der Waals surface area contributed by atoms with Crippen LogP contribution in [0.5, 0.6) is 0 Å². The van der Waals surface area contributed by atoms with Crippen LogP contribution in [0.3, 0.4) is 0 Å². The molecule has 0 saturated heterocycles. The summed E-state index contributed by atoms with van der Waals surface area (Å²) < 4.78 is 1.94. The van der Waals surface area contributed by atoms with Crippen LogP contribution in [0, 0.1) is 6.20 Å². The molecule has 4 nitrogen and oxygen atoms in total. The molecule has 1 aromatic carbocycles. The molecule has 0 saturated carbocycles. The van der Waals surface area contributed by atoms with Gasteiger partial charge in [-0.1, -0.05) is 30.3 Å². The first-order valence-corrected chi connectivity index (χ1v) is 4.97. The molecule has 2 heterocycles. The summed E-state index contributed by atoms with van der Waals surface area (Å²) in [6, 6.07) is 10.00. The van der Waals surface area contributed by atoms with Crippen LogP contribution in [-0.2, 0) is 7.05 Å². The largest absolute Gasteiger partial charge is 0.310 e. The first-order chi connectivity index (χ1) is 7.86. The Labute approximate surface area is 92.6 Å². The molecule has 0 spiro atoms. The van der Waals surface area contributed by atoms with Crippen LogP contribution in [0.4, 0.5) is 0 Å². The van der Waals surface area contributed by atoms with Gasteiger partial charge in [0.2, 0.25) is 0 Å². The minimum absolute atomic E-state index is 0.629. The van der Waals surface area contributed by atoms with Crippen molar-refractivity contribution in [3.63, 3.8) is 0 Å². The van der Waals surface area contributed by atoms with Crippen molar-refractivity contribution in [1.29, 1.82) is 0 Å². The molecule has 3 rings (SSSR count). The fourth-order valence-electron chi connectivity index (χ4n) is 1.72. The van der Waals surface area contributed by atoms with E-state index >= 15 is 0 Å². The Hall–Kier alpha value is -2.23. The molecule has 0 N–H and O–H groups in total. The molecule has 16 heavy (non-hydrogen) atoms. The molecule has 0 atom stereocenters. The van der Waals surface area contributed by atoms with Gasteiger partial charge < -0.3 is 4.57 Å². The maximum Gasteiger partial charge on any atom is 0.198 e. The van der Waals surface area contributed by atoms with Crippen LogP contribution in [0.15, 0.2) is 36.5 Å². The van der Waals surface area contributed by atoms with Crippen LogP contribution in [0.1, 0.15) is 0 Å². The molecule has 77 valence electrons. The van der Waals surface area contributed by atoms with E-state index in [0.717, 1.165) is 17.0 Å². The predicted molar refractivity (Wildman–Crippen MR) is 60.6 cm³/mol. The van der Waals surface area contributed by atoms with Crippen molar-refractivity contribution in [2.75, 3.05) is 0 Å². The Balaban J connectivity index is 2.29. The van der Waals surface area contributed by atoms with Gasteiger partial charge in [0, 0.05) is 12.6 Å². The van der Waals surface area contributed by atoms with Crippen molar-refractivity contribution < 1.29 is 0 Å². The number of rotatable bonds is 1. The van der Waals surface area contributed by atoms with E-state index in [1.54, 1.807) is 6.20 Å². The summed E-state index contributed by atoms with van der Waals surface area (Å²) in [5.74, 6) is 0.871. The molecule has 0 aliphatic rings. The highest BCUT2D eigenvalue weighted by Crippen LogP contribution is 2.20. The van der Waals surface area contributed by atoms with Gasteiger partial charge in [-0.25, -0.2) is 15.0 Å². The Bertz CT molecular complexity index is 628. The van der Waals surface area contributed by atoms with E-state index < -0.39 is 0 Å². The summed E-state index contributed by atoms with van der Waals surface area (Å²) in [5, 5.41) is 0. The number of hydrogen-bond acceptors (Lipinski definition) is 3. The molecule has 0 aliphatic carbocycles. The predicted octanol–water partition coefficient (Wildman–Crippen LogP) is 1.83. The van der Waals surface area contributed by atoms with Crippen molar-refractivity contribution in [2.24, 2.45) is 7.05 Å². The van der Waals surface area contributed by atoms with Crippen molar-refractivity contribution in [2.45, 2.75) is 0 Å². The number of nitrogens with zero attached hydrogens (tertiary/aromatic N) is 4. The van der Waals surface area contributed by atoms with Crippen LogP contribution in [-0.4, -0.2) is 19.5 Å². The summed E-state index contributed by atoms with van der Waals surface area (Å²) >= 11 is 0. The van der Waals surface area contributed by atoms with Gasteiger partial charge in [-0.05, 0) is 0 Å². The Morgan fingerprint density at radius 1 is 1.19 bits per heavy atom. The zero-order valence-electron chi connectivity index (χ0n) is 8.75. The first-order valence-electron chi connectivity index (χ1n) is 4.97. The lowest BCUT2D eigenvalue weighted by Gasteiger charge is -2.00. The molecule has 2 aromatic heterocycles. The van der Waals surface area contributed by atoms with E-state index in [1.165, 1.54) is 0 Å². The monoisotopic (exact) mass is 209 g/mol. The van der Waals surface area contributed by atoms with Gasteiger partial charge in [0.05, 0.1) is 6.20 Å². The van der Waals surface area contributed by atoms with E-state index in [2.05, 4.69) is 21.1 Å². The standard InChI is InChI=1S/C12H9N4/c1-16-11(9-5-3-2-4-6-9)15-10-12(16)14-8-7-13-10/h2-6,8H,1H3. The number of aryl methyl sites for hydroxylation is 1. The second-order valence-electron chi connectivity index (χ2n) is 3.51. The zero-order valence-corrected chi connectivity index (χ0v) is 8.75. The Morgan fingerprint density at radius 2 is 2.00 bits per heavy atom. The highest BCUT2D eigenvalue weighted by molar-refractivity contribution is 5.73. The van der Waals surface area contributed by atoms with Gasteiger partial charge in [0.1, 0.15) is 12.0 Å². The maximum atomic E-state index is 4.44. The second kappa shape index (κ2) is 3.41. The molecule has 0 amide bonds. The quantitative estimate of drug-likeness (QED) is 0.614. The number of hydrogen-bond donors (Lipinski definition) is 0. The summed E-state index contributed by atoms with van der Waals surface area (Å²) in [5.41, 5.74) is 2.46. The molecule has 0 fully saturated rings. The number of benzene rings is 1. The van der Waals surface area contributed by atoms with Crippen LogP contribution >= 0.6 is 0 Å². The van der Waals surface area contributed by atoms with Crippen LogP contribution in [0.2, 0.25) is 0 Å². The zero-order chi connectivity index (χ0) is 11.0. The second-order valence-corrected chi connectivity index (χ2v) is 3.51. The third-order valence-electron chi connectivity index (χ3n) is 2.49. The Kier molecular flexibility index (Phi) is 1.93. The highest BCUT2D eigenvalue weighted by atomic mass is 15.1. The van der Waals surface area contributed by atoms with Crippen molar-refractivity contribution in [1.82, 2.24) is 19.5 Å². The maximum absolute atomic E-state index is 4.44. The average Bonchev–Trinajstić information content (AvgIpc) is 2.69. The van der Waals surface area contributed by atoms with Gasteiger partial charge in [-0.3, -0.25) is 0 Å². The molecule has 0 unspecified atom stereocenters. The third kappa shape index (κ3) is 1.27. The van der Waals surface area contributed by atoms with Crippen LogP contribution < -0.4 is 0 Å². The molecular weight excluding hydrogens is 200 g/mol. The van der Waals surface area contributed by atoms with E-state index in [0.29, 0.717) is 5.65 Å².